The summed E-state index contributed by atoms with van der Waals surface area (Å²) in [5.74, 6) is 0.319. The van der Waals surface area contributed by atoms with Gasteiger partial charge in [0, 0.05) is 35.0 Å². The fourth-order valence-electron chi connectivity index (χ4n) is 3.12. The average molecular weight is 442 g/mol. The van der Waals surface area contributed by atoms with E-state index in [1.165, 1.54) is 0 Å². The number of hydrogen-bond donors (Lipinski definition) is 1. The van der Waals surface area contributed by atoms with E-state index in [0.29, 0.717) is 29.9 Å². The van der Waals surface area contributed by atoms with Crippen LogP contribution in [0, 0.1) is 0 Å². The Balaban J connectivity index is 1.68. The van der Waals surface area contributed by atoms with E-state index >= 15 is 0 Å². The van der Waals surface area contributed by atoms with Crippen molar-refractivity contribution in [1.82, 2.24) is 4.98 Å². The van der Waals surface area contributed by atoms with Crippen LogP contribution in [-0.2, 0) is 16.1 Å². The molecule has 0 amide bonds. The van der Waals surface area contributed by atoms with Gasteiger partial charge in [0.2, 0.25) is 5.88 Å². The maximum absolute atomic E-state index is 11.0. The van der Waals surface area contributed by atoms with Crippen molar-refractivity contribution in [2.45, 2.75) is 26.1 Å². The van der Waals surface area contributed by atoms with Gasteiger partial charge < -0.3 is 19.3 Å². The van der Waals surface area contributed by atoms with Gasteiger partial charge in [0.25, 0.3) is 0 Å². The summed E-state index contributed by atoms with van der Waals surface area (Å²) >= 11 is 6.38. The zero-order valence-electron chi connectivity index (χ0n) is 17.4. The van der Waals surface area contributed by atoms with Crippen molar-refractivity contribution >= 4 is 17.6 Å². The van der Waals surface area contributed by atoms with Crippen LogP contribution in [0.15, 0.2) is 60.8 Å². The lowest BCUT2D eigenvalue weighted by atomic mass is 10.0. The van der Waals surface area contributed by atoms with Crippen molar-refractivity contribution < 1.29 is 24.1 Å². The monoisotopic (exact) mass is 441 g/mol. The van der Waals surface area contributed by atoms with Crippen molar-refractivity contribution in [2.24, 2.45) is 0 Å². The normalized spacial score (nSPS) is 11.7. The van der Waals surface area contributed by atoms with E-state index in [2.05, 4.69) is 4.98 Å². The molecule has 1 N–H and O–H groups in total. The van der Waals surface area contributed by atoms with Crippen LogP contribution in [0.5, 0.6) is 11.6 Å². The first kappa shape index (κ1) is 22.6. The molecular formula is C24H24ClNO5. The SMILES string of the molecule is CCO[C@@H](CC(=O)O)c1ccc(OCc2ccc(Cl)c(-c3ccc(OC)nc3)c2)cc1. The van der Waals surface area contributed by atoms with E-state index < -0.39 is 12.1 Å². The molecule has 31 heavy (non-hydrogen) atoms. The molecule has 2 aromatic carbocycles. The summed E-state index contributed by atoms with van der Waals surface area (Å²) in [6, 6.07) is 16.7. The van der Waals surface area contributed by atoms with Crippen molar-refractivity contribution in [3.05, 3.63) is 76.9 Å². The van der Waals surface area contributed by atoms with Crippen molar-refractivity contribution in [3.8, 4) is 22.8 Å². The van der Waals surface area contributed by atoms with Crippen LogP contribution in [0.2, 0.25) is 5.02 Å². The zero-order valence-corrected chi connectivity index (χ0v) is 18.1. The van der Waals surface area contributed by atoms with Gasteiger partial charge in [-0.1, -0.05) is 29.8 Å². The molecule has 0 saturated carbocycles. The quantitative estimate of drug-likeness (QED) is 0.445. The van der Waals surface area contributed by atoms with Gasteiger partial charge in [-0.3, -0.25) is 4.79 Å². The van der Waals surface area contributed by atoms with Crippen molar-refractivity contribution in [3.63, 3.8) is 0 Å². The number of ether oxygens (including phenoxy) is 3. The van der Waals surface area contributed by atoms with Crippen LogP contribution in [0.3, 0.4) is 0 Å². The minimum Gasteiger partial charge on any atom is -0.489 e. The topological polar surface area (TPSA) is 77.9 Å². The van der Waals surface area contributed by atoms with E-state index in [0.717, 1.165) is 22.3 Å². The van der Waals surface area contributed by atoms with Gasteiger partial charge in [0.05, 0.1) is 19.6 Å². The average Bonchev–Trinajstić information content (AvgIpc) is 2.78. The van der Waals surface area contributed by atoms with Gasteiger partial charge in [-0.2, -0.15) is 0 Å². The Hall–Kier alpha value is -3.09. The Kier molecular flexibility index (Phi) is 7.87. The van der Waals surface area contributed by atoms with E-state index in [1.807, 2.05) is 55.5 Å². The summed E-state index contributed by atoms with van der Waals surface area (Å²) in [7, 11) is 1.57. The number of hydrogen-bond acceptors (Lipinski definition) is 5. The summed E-state index contributed by atoms with van der Waals surface area (Å²) in [6.45, 7) is 2.64. The molecule has 0 unspecified atom stereocenters. The molecule has 1 heterocycles. The Bertz CT molecular complexity index is 1010. The van der Waals surface area contributed by atoms with Crippen LogP contribution >= 0.6 is 11.6 Å². The molecule has 0 radical (unpaired) electrons. The predicted molar refractivity (Wildman–Crippen MR) is 119 cm³/mol. The number of carboxylic acids is 1. The number of halogens is 1. The molecule has 162 valence electrons. The lowest BCUT2D eigenvalue weighted by molar-refractivity contribution is -0.140. The van der Waals surface area contributed by atoms with Crippen LogP contribution in [0.4, 0.5) is 0 Å². The third kappa shape index (κ3) is 6.20. The van der Waals surface area contributed by atoms with Crippen molar-refractivity contribution in [2.75, 3.05) is 13.7 Å². The van der Waals surface area contributed by atoms with E-state index in [-0.39, 0.29) is 6.42 Å². The molecule has 1 atom stereocenters. The minimum absolute atomic E-state index is 0.0815. The third-order valence-electron chi connectivity index (χ3n) is 4.67. The van der Waals surface area contributed by atoms with Crippen molar-refractivity contribution in [1.29, 1.82) is 0 Å². The highest BCUT2D eigenvalue weighted by molar-refractivity contribution is 6.33. The fourth-order valence-corrected chi connectivity index (χ4v) is 3.35. The van der Waals surface area contributed by atoms with E-state index in [9.17, 15) is 4.79 Å². The largest absolute Gasteiger partial charge is 0.489 e. The molecule has 0 aliphatic carbocycles. The molecule has 1 aromatic heterocycles. The second-order valence-corrected chi connectivity index (χ2v) is 7.21. The number of methoxy groups -OCH3 is 1. The first-order chi connectivity index (χ1) is 15.0. The minimum atomic E-state index is -0.899. The zero-order chi connectivity index (χ0) is 22.2. The Morgan fingerprint density at radius 3 is 2.52 bits per heavy atom. The number of carboxylic acid groups (broad SMARTS) is 1. The van der Waals surface area contributed by atoms with Gasteiger partial charge >= 0.3 is 5.97 Å². The summed E-state index contributed by atoms with van der Waals surface area (Å²) in [6.07, 6.45) is 1.16. The molecule has 0 saturated heterocycles. The first-order valence-corrected chi connectivity index (χ1v) is 10.2. The van der Waals surface area contributed by atoms with Gasteiger partial charge in [0.1, 0.15) is 12.4 Å². The first-order valence-electron chi connectivity index (χ1n) is 9.85. The molecule has 0 aliphatic rings. The van der Waals surface area contributed by atoms with E-state index in [1.54, 1.807) is 19.4 Å². The lowest BCUT2D eigenvalue weighted by Crippen LogP contribution is -2.10. The molecular weight excluding hydrogens is 418 g/mol. The molecule has 7 heteroatoms. The second-order valence-electron chi connectivity index (χ2n) is 6.80. The van der Waals surface area contributed by atoms with Gasteiger partial charge in [-0.25, -0.2) is 4.98 Å². The standard InChI is InChI=1S/C24H24ClNO5/c1-3-30-22(13-24(27)28)17-5-8-19(9-6-17)31-15-16-4-10-21(25)20(12-16)18-7-11-23(29-2)26-14-18/h4-12,14,22H,3,13,15H2,1-2H3,(H,27,28)/t22-/m0/s1. The van der Waals surface area contributed by atoms with Crippen LogP contribution < -0.4 is 9.47 Å². The molecule has 0 spiro atoms. The lowest BCUT2D eigenvalue weighted by Gasteiger charge is -2.16. The van der Waals surface area contributed by atoms with Gasteiger partial charge in [-0.15, -0.1) is 0 Å². The number of aromatic nitrogens is 1. The molecule has 6 nitrogen and oxygen atoms in total. The summed E-state index contributed by atoms with van der Waals surface area (Å²) in [4.78, 5) is 15.3. The molecule has 3 rings (SSSR count). The van der Waals surface area contributed by atoms with Crippen LogP contribution in [0.1, 0.15) is 30.6 Å². The highest BCUT2D eigenvalue weighted by Gasteiger charge is 2.15. The summed E-state index contributed by atoms with van der Waals surface area (Å²) in [5, 5.41) is 9.69. The summed E-state index contributed by atoms with van der Waals surface area (Å²) < 4.78 is 16.5. The third-order valence-corrected chi connectivity index (χ3v) is 5.00. The highest BCUT2D eigenvalue weighted by Crippen LogP contribution is 2.30. The fraction of sp³-hybridized carbons (Fsp3) is 0.250. The Labute approximate surface area is 186 Å². The Morgan fingerprint density at radius 2 is 1.90 bits per heavy atom. The Morgan fingerprint density at radius 1 is 1.13 bits per heavy atom. The van der Waals surface area contributed by atoms with Crippen LogP contribution in [0.25, 0.3) is 11.1 Å². The number of nitrogens with zero attached hydrogens (tertiary/aromatic N) is 1. The molecule has 0 fully saturated rings. The maximum atomic E-state index is 11.0. The predicted octanol–water partition coefficient (Wildman–Crippen LogP) is 5.54. The number of rotatable bonds is 10. The van der Waals surface area contributed by atoms with E-state index in [4.69, 9.17) is 30.9 Å². The smallest absolute Gasteiger partial charge is 0.306 e. The summed E-state index contributed by atoms with van der Waals surface area (Å²) in [5.41, 5.74) is 3.51. The van der Waals surface area contributed by atoms with Crippen LogP contribution in [-0.4, -0.2) is 29.8 Å². The molecule has 0 aliphatic heterocycles. The maximum Gasteiger partial charge on any atom is 0.306 e. The number of pyridine rings is 1. The van der Waals surface area contributed by atoms with Gasteiger partial charge in [-0.05, 0) is 48.4 Å². The molecule has 3 aromatic rings. The number of carbonyl (C=O) groups is 1. The van der Waals surface area contributed by atoms with Gasteiger partial charge in [0.15, 0.2) is 0 Å². The highest BCUT2D eigenvalue weighted by atomic mass is 35.5. The number of aliphatic carboxylic acids is 1. The second kappa shape index (κ2) is 10.8. The number of benzene rings is 2. The molecule has 0 bridgehead atoms.